The molecule has 0 fully saturated rings. The van der Waals surface area contributed by atoms with Gasteiger partial charge in [0.15, 0.2) is 11.5 Å². The number of nitrogens with zero attached hydrogens (tertiary/aromatic N) is 4. The highest BCUT2D eigenvalue weighted by Crippen LogP contribution is 2.24. The Hall–Kier alpha value is -1.69. The van der Waals surface area contributed by atoms with Gasteiger partial charge in [-0.2, -0.15) is 4.98 Å². The lowest BCUT2D eigenvalue weighted by molar-refractivity contribution is 0.606. The highest BCUT2D eigenvalue weighted by Gasteiger charge is 2.15. The van der Waals surface area contributed by atoms with Gasteiger partial charge in [-0.05, 0) is 48.8 Å². The van der Waals surface area contributed by atoms with Gasteiger partial charge in [0.2, 0.25) is 0 Å². The van der Waals surface area contributed by atoms with Crippen molar-refractivity contribution in [1.29, 1.82) is 0 Å². The molecule has 0 bridgehead atoms. The molecule has 4 nitrogen and oxygen atoms in total. The van der Waals surface area contributed by atoms with Crippen LogP contribution < -0.4 is 0 Å². The number of aromatic nitrogens is 4. The Morgan fingerprint density at radius 2 is 1.79 bits per heavy atom. The molecule has 0 atom stereocenters. The SMILES string of the molecule is Cc1c(Br)c(F)cn2nc(-n3c(C)ccc3C)nc12. The second kappa shape index (κ2) is 4.16. The number of hydrogen-bond donors (Lipinski definition) is 0. The molecule has 0 aliphatic heterocycles. The van der Waals surface area contributed by atoms with Crippen molar-refractivity contribution in [2.45, 2.75) is 20.8 Å². The van der Waals surface area contributed by atoms with Crippen LogP contribution in [0.4, 0.5) is 4.39 Å². The number of fused-ring (bicyclic) bond motifs is 1. The summed E-state index contributed by atoms with van der Waals surface area (Å²) in [5.74, 6) is 0.211. The summed E-state index contributed by atoms with van der Waals surface area (Å²) in [4.78, 5) is 4.50. The van der Waals surface area contributed by atoms with Crippen molar-refractivity contribution in [3.8, 4) is 5.95 Å². The Balaban J connectivity index is 2.31. The molecule has 3 aromatic heterocycles. The van der Waals surface area contributed by atoms with Crippen LogP contribution in [0.5, 0.6) is 0 Å². The fourth-order valence-corrected chi connectivity index (χ4v) is 2.46. The summed E-state index contributed by atoms with van der Waals surface area (Å²) in [6.45, 7) is 5.79. The minimum absolute atomic E-state index is 0.345. The van der Waals surface area contributed by atoms with Gasteiger partial charge < -0.3 is 0 Å². The highest BCUT2D eigenvalue weighted by molar-refractivity contribution is 9.10. The molecule has 0 aliphatic carbocycles. The van der Waals surface area contributed by atoms with Crippen molar-refractivity contribution in [2.75, 3.05) is 0 Å². The Kier molecular flexibility index (Phi) is 2.70. The molecule has 0 N–H and O–H groups in total. The monoisotopic (exact) mass is 322 g/mol. The number of pyridine rings is 1. The van der Waals surface area contributed by atoms with E-state index in [2.05, 4.69) is 26.0 Å². The molecular weight excluding hydrogens is 311 g/mol. The zero-order chi connectivity index (χ0) is 13.7. The van der Waals surface area contributed by atoms with E-state index in [1.165, 1.54) is 10.7 Å². The van der Waals surface area contributed by atoms with Crippen molar-refractivity contribution in [2.24, 2.45) is 0 Å². The number of halogens is 2. The van der Waals surface area contributed by atoms with Gasteiger partial charge in [0.05, 0.1) is 10.7 Å². The van der Waals surface area contributed by atoms with Gasteiger partial charge in [0, 0.05) is 17.0 Å². The van der Waals surface area contributed by atoms with Crippen LogP contribution in [0.15, 0.2) is 22.8 Å². The molecule has 3 heterocycles. The Morgan fingerprint density at radius 3 is 2.42 bits per heavy atom. The molecule has 0 spiro atoms. The van der Waals surface area contributed by atoms with Crippen LogP contribution in [-0.2, 0) is 0 Å². The van der Waals surface area contributed by atoms with Gasteiger partial charge in [-0.1, -0.05) is 0 Å². The normalized spacial score (nSPS) is 11.4. The van der Waals surface area contributed by atoms with Gasteiger partial charge >= 0.3 is 0 Å². The van der Waals surface area contributed by atoms with Gasteiger partial charge in [-0.25, -0.2) is 8.91 Å². The van der Waals surface area contributed by atoms with Crippen LogP contribution in [0.3, 0.4) is 0 Å². The summed E-state index contributed by atoms with van der Waals surface area (Å²) in [6.07, 6.45) is 1.33. The van der Waals surface area contributed by atoms with Crippen molar-refractivity contribution < 1.29 is 4.39 Å². The Morgan fingerprint density at radius 1 is 1.16 bits per heavy atom. The van der Waals surface area contributed by atoms with Crippen molar-refractivity contribution in [3.63, 3.8) is 0 Å². The molecule has 0 radical (unpaired) electrons. The first-order valence-corrected chi connectivity index (χ1v) is 6.64. The molecule has 0 unspecified atom stereocenters. The standard InChI is InChI=1S/C13H12BrFN4/c1-7-4-5-8(2)19(7)13-16-12-9(3)11(14)10(15)6-18(12)17-13/h4-6H,1-3H3. The predicted molar refractivity (Wildman–Crippen MR) is 74.2 cm³/mol. The maximum atomic E-state index is 13.7. The summed E-state index contributed by atoms with van der Waals surface area (Å²) in [6, 6.07) is 4.01. The molecule has 0 saturated heterocycles. The summed E-state index contributed by atoms with van der Waals surface area (Å²) >= 11 is 3.22. The topological polar surface area (TPSA) is 35.1 Å². The third kappa shape index (κ3) is 1.78. The molecule has 98 valence electrons. The maximum Gasteiger partial charge on any atom is 0.254 e. The van der Waals surface area contributed by atoms with Gasteiger partial charge in [0.25, 0.3) is 5.95 Å². The van der Waals surface area contributed by atoms with E-state index < -0.39 is 0 Å². The number of rotatable bonds is 1. The van der Waals surface area contributed by atoms with Crippen LogP contribution in [-0.4, -0.2) is 19.2 Å². The molecule has 0 aliphatic rings. The molecule has 3 aromatic rings. The van der Waals surface area contributed by atoms with Crippen molar-refractivity contribution >= 4 is 21.6 Å². The van der Waals surface area contributed by atoms with E-state index in [1.807, 2.05) is 37.5 Å². The van der Waals surface area contributed by atoms with Crippen LogP contribution in [0.25, 0.3) is 11.6 Å². The molecule has 0 saturated carbocycles. The van der Waals surface area contributed by atoms with Crippen LogP contribution in [0.2, 0.25) is 0 Å². The molecule has 6 heteroatoms. The lowest BCUT2D eigenvalue weighted by Crippen LogP contribution is -2.01. The largest absolute Gasteiger partial charge is 0.286 e. The lowest BCUT2D eigenvalue weighted by atomic mass is 10.3. The van der Waals surface area contributed by atoms with E-state index in [9.17, 15) is 4.39 Å². The van der Waals surface area contributed by atoms with Crippen molar-refractivity contribution in [3.05, 3.63) is 45.6 Å². The zero-order valence-electron chi connectivity index (χ0n) is 10.8. The Labute approximate surface area is 118 Å². The third-order valence-electron chi connectivity index (χ3n) is 3.20. The fraction of sp³-hybridized carbons (Fsp3) is 0.231. The Bertz CT molecular complexity index is 768. The van der Waals surface area contributed by atoms with Crippen LogP contribution >= 0.6 is 15.9 Å². The molecule has 19 heavy (non-hydrogen) atoms. The summed E-state index contributed by atoms with van der Waals surface area (Å²) in [7, 11) is 0. The minimum Gasteiger partial charge on any atom is -0.286 e. The van der Waals surface area contributed by atoms with E-state index in [0.29, 0.717) is 16.1 Å². The fourth-order valence-electron chi connectivity index (χ4n) is 2.18. The van der Waals surface area contributed by atoms with Crippen LogP contribution in [0, 0.1) is 26.6 Å². The summed E-state index contributed by atoms with van der Waals surface area (Å²) in [5, 5.41) is 4.35. The van der Waals surface area contributed by atoms with E-state index >= 15 is 0 Å². The third-order valence-corrected chi connectivity index (χ3v) is 4.17. The van der Waals surface area contributed by atoms with Crippen molar-refractivity contribution in [1.82, 2.24) is 19.2 Å². The minimum atomic E-state index is -0.345. The highest BCUT2D eigenvalue weighted by atomic mass is 79.9. The maximum absolute atomic E-state index is 13.7. The smallest absolute Gasteiger partial charge is 0.254 e. The first-order chi connectivity index (χ1) is 8.99. The molecule has 3 rings (SSSR count). The van der Waals surface area contributed by atoms with E-state index in [-0.39, 0.29) is 5.82 Å². The van der Waals surface area contributed by atoms with E-state index in [4.69, 9.17) is 0 Å². The molecule has 0 amide bonds. The quantitative estimate of drug-likeness (QED) is 0.688. The van der Waals surface area contributed by atoms with Gasteiger partial charge in [0.1, 0.15) is 0 Å². The second-order valence-corrected chi connectivity index (χ2v) is 5.34. The van der Waals surface area contributed by atoms with E-state index in [0.717, 1.165) is 17.0 Å². The summed E-state index contributed by atoms with van der Waals surface area (Å²) in [5.41, 5.74) is 3.48. The van der Waals surface area contributed by atoms with Gasteiger partial charge in [-0.15, -0.1) is 5.10 Å². The first-order valence-electron chi connectivity index (χ1n) is 5.85. The van der Waals surface area contributed by atoms with Gasteiger partial charge in [-0.3, -0.25) is 4.57 Å². The van der Waals surface area contributed by atoms with E-state index in [1.54, 1.807) is 0 Å². The zero-order valence-corrected chi connectivity index (χ0v) is 12.4. The summed E-state index contributed by atoms with van der Waals surface area (Å²) < 4.78 is 17.5. The lowest BCUT2D eigenvalue weighted by Gasteiger charge is -2.01. The average molecular weight is 323 g/mol. The molecule has 0 aromatic carbocycles. The van der Waals surface area contributed by atoms with Crippen LogP contribution in [0.1, 0.15) is 17.0 Å². The number of hydrogen-bond acceptors (Lipinski definition) is 2. The molecular formula is C13H12BrFN4. The average Bonchev–Trinajstić information content (AvgIpc) is 2.90. The first kappa shape index (κ1) is 12.3. The number of aryl methyl sites for hydroxylation is 3. The second-order valence-electron chi connectivity index (χ2n) is 4.55. The predicted octanol–water partition coefficient (Wildman–Crippen LogP) is 3.35.